The van der Waals surface area contributed by atoms with Crippen molar-refractivity contribution in [2.75, 3.05) is 0 Å². The summed E-state index contributed by atoms with van der Waals surface area (Å²) in [5, 5.41) is 20.6. The number of pyridine rings is 1. The van der Waals surface area contributed by atoms with Gasteiger partial charge in [0.2, 0.25) is 5.82 Å². The van der Waals surface area contributed by atoms with Gasteiger partial charge in [0.15, 0.2) is 0 Å². The lowest BCUT2D eigenvalue weighted by Crippen LogP contribution is -2.18. The van der Waals surface area contributed by atoms with E-state index in [1.54, 1.807) is 10.9 Å². The molecule has 2 aromatic heterocycles. The van der Waals surface area contributed by atoms with Crippen LogP contribution in [0.15, 0.2) is 24.4 Å². The SMILES string of the molecule is O=C(O)CC(C1CC1)n1nnnc1-c1ccccn1. The van der Waals surface area contributed by atoms with Gasteiger partial charge in [-0.25, -0.2) is 4.68 Å². The molecule has 0 saturated heterocycles. The number of carboxylic acid groups (broad SMARTS) is 1. The van der Waals surface area contributed by atoms with Crippen molar-refractivity contribution in [3.63, 3.8) is 0 Å². The van der Waals surface area contributed by atoms with Crippen LogP contribution in [0.25, 0.3) is 11.5 Å². The summed E-state index contributed by atoms with van der Waals surface area (Å²) in [7, 11) is 0. The minimum absolute atomic E-state index is 0.0372. The van der Waals surface area contributed by atoms with Gasteiger partial charge in [-0.2, -0.15) is 0 Å². The second kappa shape index (κ2) is 4.75. The summed E-state index contributed by atoms with van der Waals surface area (Å²) in [6.45, 7) is 0. The summed E-state index contributed by atoms with van der Waals surface area (Å²) in [5.41, 5.74) is 0.656. The summed E-state index contributed by atoms with van der Waals surface area (Å²) in [6.07, 6.45) is 3.76. The van der Waals surface area contributed by atoms with Crippen molar-refractivity contribution in [2.24, 2.45) is 5.92 Å². The summed E-state index contributed by atoms with van der Waals surface area (Å²) in [4.78, 5) is 15.2. The first-order valence-corrected chi connectivity index (χ1v) is 6.17. The van der Waals surface area contributed by atoms with E-state index in [9.17, 15) is 4.79 Å². The second-order valence-corrected chi connectivity index (χ2v) is 4.66. The van der Waals surface area contributed by atoms with E-state index in [1.807, 2.05) is 18.2 Å². The molecule has 1 N–H and O–H groups in total. The Labute approximate surface area is 109 Å². The molecule has 0 spiro atoms. The molecule has 1 unspecified atom stereocenters. The maximum absolute atomic E-state index is 11.0. The molecule has 7 heteroatoms. The topological polar surface area (TPSA) is 93.8 Å². The fourth-order valence-electron chi connectivity index (χ4n) is 2.19. The largest absolute Gasteiger partial charge is 0.481 e. The summed E-state index contributed by atoms with van der Waals surface area (Å²) in [6, 6.07) is 5.29. The van der Waals surface area contributed by atoms with E-state index in [0.717, 1.165) is 12.8 Å². The van der Waals surface area contributed by atoms with Crippen LogP contribution >= 0.6 is 0 Å². The molecule has 1 aliphatic rings. The first kappa shape index (κ1) is 11.8. The Bertz CT molecular complexity index is 579. The lowest BCUT2D eigenvalue weighted by molar-refractivity contribution is -0.138. The van der Waals surface area contributed by atoms with Crippen LogP contribution < -0.4 is 0 Å². The van der Waals surface area contributed by atoms with Crippen LogP contribution in [0.4, 0.5) is 0 Å². The molecule has 98 valence electrons. The number of tetrazole rings is 1. The third-order valence-electron chi connectivity index (χ3n) is 3.25. The number of carboxylic acids is 1. The van der Waals surface area contributed by atoms with Crippen LogP contribution in [0.3, 0.4) is 0 Å². The minimum atomic E-state index is -0.834. The lowest BCUT2D eigenvalue weighted by atomic mass is 10.1. The zero-order valence-corrected chi connectivity index (χ0v) is 10.2. The van der Waals surface area contributed by atoms with E-state index in [-0.39, 0.29) is 12.5 Å². The fraction of sp³-hybridized carbons (Fsp3) is 0.417. The van der Waals surface area contributed by atoms with Crippen molar-refractivity contribution in [1.29, 1.82) is 0 Å². The Kier molecular flexibility index (Phi) is 2.94. The Morgan fingerprint density at radius 2 is 2.32 bits per heavy atom. The predicted octanol–water partition coefficient (Wildman–Crippen LogP) is 1.16. The molecule has 1 fully saturated rings. The smallest absolute Gasteiger partial charge is 0.305 e. The highest BCUT2D eigenvalue weighted by Crippen LogP contribution is 2.42. The van der Waals surface area contributed by atoms with E-state index in [2.05, 4.69) is 20.5 Å². The number of hydrogen-bond acceptors (Lipinski definition) is 5. The Balaban J connectivity index is 1.96. The first-order chi connectivity index (χ1) is 9.25. The number of hydrogen-bond donors (Lipinski definition) is 1. The highest BCUT2D eigenvalue weighted by molar-refractivity contribution is 5.67. The van der Waals surface area contributed by atoms with E-state index in [0.29, 0.717) is 17.4 Å². The highest BCUT2D eigenvalue weighted by Gasteiger charge is 2.36. The minimum Gasteiger partial charge on any atom is -0.481 e. The molecule has 2 aromatic rings. The molecule has 0 radical (unpaired) electrons. The third-order valence-corrected chi connectivity index (χ3v) is 3.25. The number of aliphatic carboxylic acids is 1. The summed E-state index contributed by atoms with van der Waals surface area (Å²) >= 11 is 0. The van der Waals surface area contributed by atoms with Gasteiger partial charge >= 0.3 is 5.97 Å². The number of aromatic nitrogens is 5. The molecule has 1 saturated carbocycles. The van der Waals surface area contributed by atoms with Crippen molar-refractivity contribution < 1.29 is 9.90 Å². The monoisotopic (exact) mass is 259 g/mol. The highest BCUT2D eigenvalue weighted by atomic mass is 16.4. The van der Waals surface area contributed by atoms with Crippen molar-refractivity contribution in [1.82, 2.24) is 25.2 Å². The summed E-state index contributed by atoms with van der Waals surface area (Å²) < 4.78 is 1.61. The van der Waals surface area contributed by atoms with Gasteiger partial charge in [-0.1, -0.05) is 6.07 Å². The molecule has 0 aliphatic heterocycles. The van der Waals surface area contributed by atoms with Crippen molar-refractivity contribution >= 4 is 5.97 Å². The number of nitrogens with zero attached hydrogens (tertiary/aromatic N) is 5. The zero-order chi connectivity index (χ0) is 13.2. The maximum atomic E-state index is 11.0. The predicted molar refractivity (Wildman–Crippen MR) is 65.1 cm³/mol. The van der Waals surface area contributed by atoms with Crippen LogP contribution in [0.5, 0.6) is 0 Å². The average Bonchev–Trinajstić information content (AvgIpc) is 3.14. The molecule has 0 amide bonds. The normalized spacial score (nSPS) is 16.2. The van der Waals surface area contributed by atoms with Gasteiger partial charge in [-0.15, -0.1) is 5.10 Å². The Hall–Kier alpha value is -2.31. The van der Waals surface area contributed by atoms with Crippen molar-refractivity contribution in [2.45, 2.75) is 25.3 Å². The van der Waals surface area contributed by atoms with Gasteiger partial charge in [0.1, 0.15) is 5.69 Å². The van der Waals surface area contributed by atoms with Gasteiger partial charge in [0.05, 0.1) is 12.5 Å². The van der Waals surface area contributed by atoms with Crippen molar-refractivity contribution in [3.05, 3.63) is 24.4 Å². The molecular formula is C12H13N5O2. The average molecular weight is 259 g/mol. The molecule has 7 nitrogen and oxygen atoms in total. The van der Waals surface area contributed by atoms with Gasteiger partial charge in [0, 0.05) is 6.20 Å². The standard InChI is InChI=1S/C12H13N5O2/c18-11(19)7-10(8-4-5-8)17-12(14-15-16-17)9-3-1-2-6-13-9/h1-3,6,8,10H,4-5,7H2,(H,18,19). The molecule has 0 aromatic carbocycles. The van der Waals surface area contributed by atoms with E-state index in [1.165, 1.54) is 0 Å². The molecule has 1 aliphatic carbocycles. The van der Waals surface area contributed by atoms with Gasteiger partial charge in [-0.05, 0) is 41.3 Å². The number of carbonyl (C=O) groups is 1. The maximum Gasteiger partial charge on any atom is 0.305 e. The molecule has 3 rings (SSSR count). The lowest BCUT2D eigenvalue weighted by Gasteiger charge is -2.15. The molecule has 0 bridgehead atoms. The molecule has 1 atom stereocenters. The Morgan fingerprint density at radius 3 is 2.95 bits per heavy atom. The van der Waals surface area contributed by atoms with E-state index < -0.39 is 5.97 Å². The van der Waals surface area contributed by atoms with Crippen LogP contribution in [0.2, 0.25) is 0 Å². The van der Waals surface area contributed by atoms with Gasteiger partial charge < -0.3 is 5.11 Å². The van der Waals surface area contributed by atoms with Crippen LogP contribution in [0.1, 0.15) is 25.3 Å². The van der Waals surface area contributed by atoms with E-state index in [4.69, 9.17) is 5.11 Å². The quantitative estimate of drug-likeness (QED) is 0.865. The molecule has 2 heterocycles. The molecule has 19 heavy (non-hydrogen) atoms. The Morgan fingerprint density at radius 1 is 1.47 bits per heavy atom. The fourth-order valence-corrected chi connectivity index (χ4v) is 2.19. The van der Waals surface area contributed by atoms with E-state index >= 15 is 0 Å². The summed E-state index contributed by atoms with van der Waals surface area (Å²) in [5.74, 6) is 0.0418. The first-order valence-electron chi connectivity index (χ1n) is 6.17. The zero-order valence-electron chi connectivity index (χ0n) is 10.2. The van der Waals surface area contributed by atoms with Gasteiger partial charge in [-0.3, -0.25) is 9.78 Å². The van der Waals surface area contributed by atoms with Crippen LogP contribution in [-0.2, 0) is 4.79 Å². The van der Waals surface area contributed by atoms with Crippen LogP contribution in [-0.4, -0.2) is 36.3 Å². The third kappa shape index (κ3) is 2.44. The number of rotatable bonds is 5. The second-order valence-electron chi connectivity index (χ2n) is 4.66. The van der Waals surface area contributed by atoms with Gasteiger partial charge in [0.25, 0.3) is 0 Å². The molecular weight excluding hydrogens is 246 g/mol. The van der Waals surface area contributed by atoms with Crippen molar-refractivity contribution in [3.8, 4) is 11.5 Å². The van der Waals surface area contributed by atoms with Crippen LogP contribution in [0, 0.1) is 5.92 Å².